The molecule has 3 nitrogen and oxygen atoms in total. The van der Waals surface area contributed by atoms with Gasteiger partial charge in [-0.05, 0) is 23.9 Å². The van der Waals surface area contributed by atoms with Gasteiger partial charge in [-0.2, -0.15) is 5.26 Å². The van der Waals surface area contributed by atoms with E-state index < -0.39 is 0 Å². The number of hydrogen-bond acceptors (Lipinski definition) is 4. The second kappa shape index (κ2) is 3.17. The Balaban J connectivity index is 3.08. The molecule has 0 aromatic heterocycles. The molecule has 1 aromatic rings. The zero-order chi connectivity index (χ0) is 8.27. The van der Waals surface area contributed by atoms with Crippen LogP contribution in [0.2, 0.25) is 0 Å². The summed E-state index contributed by atoms with van der Waals surface area (Å²) < 4.78 is 0. The molecule has 0 amide bonds. The monoisotopic (exact) mass is 167 g/mol. The van der Waals surface area contributed by atoms with Crippen molar-refractivity contribution in [3.8, 4) is 16.9 Å². The molecule has 0 aliphatic carbocycles. The molecule has 0 spiro atoms. The number of nitriles is 1. The lowest BCUT2D eigenvalue weighted by atomic mass is 10.3. The Bertz CT molecular complexity index is 306. The Hall–Kier alpha value is -1.34. The quantitative estimate of drug-likeness (QED) is 0.379. The molecule has 2 N–H and O–H groups in total. The molecule has 0 atom stereocenters. The molecule has 0 saturated heterocycles. The van der Waals surface area contributed by atoms with Gasteiger partial charge in [-0.1, -0.05) is 6.07 Å². The van der Waals surface area contributed by atoms with Crippen molar-refractivity contribution in [2.24, 2.45) is 0 Å². The lowest BCUT2D eigenvalue weighted by Crippen LogP contribution is -1.72. The number of para-hydroxylation sites is 1. The molecule has 0 aliphatic rings. The topological polar surface area (TPSA) is 64.2 Å². The molecule has 0 aliphatic heterocycles. The third-order valence-electron chi connectivity index (χ3n) is 1.13. The smallest absolute Gasteiger partial charge is 0.172 e. The Morgan fingerprint density at radius 2 is 2.09 bits per heavy atom. The summed E-state index contributed by atoms with van der Waals surface area (Å²) in [6.07, 6.45) is 0. The highest BCUT2D eigenvalue weighted by Crippen LogP contribution is 2.34. The first-order valence-electron chi connectivity index (χ1n) is 2.82. The van der Waals surface area contributed by atoms with E-state index in [2.05, 4.69) is 0 Å². The van der Waals surface area contributed by atoms with E-state index in [1.807, 2.05) is 0 Å². The third-order valence-corrected chi connectivity index (χ3v) is 1.77. The molecule has 0 bridgehead atoms. The van der Waals surface area contributed by atoms with Crippen LogP contribution in [0.4, 0.5) is 0 Å². The van der Waals surface area contributed by atoms with Gasteiger partial charge in [0.25, 0.3) is 0 Å². The van der Waals surface area contributed by atoms with Crippen LogP contribution in [0.25, 0.3) is 0 Å². The fraction of sp³-hybridized carbons (Fsp3) is 0. The van der Waals surface area contributed by atoms with E-state index in [1.54, 1.807) is 17.5 Å². The van der Waals surface area contributed by atoms with Crippen molar-refractivity contribution < 1.29 is 10.2 Å². The predicted octanol–water partition coefficient (Wildman–Crippen LogP) is 1.67. The third kappa shape index (κ3) is 1.57. The molecule has 1 aromatic carbocycles. The number of nitrogens with zero attached hydrogens (tertiary/aromatic N) is 1. The van der Waals surface area contributed by atoms with E-state index in [1.165, 1.54) is 6.07 Å². The van der Waals surface area contributed by atoms with E-state index >= 15 is 0 Å². The van der Waals surface area contributed by atoms with Gasteiger partial charge in [0.1, 0.15) is 5.40 Å². The first-order chi connectivity index (χ1) is 5.25. The SMILES string of the molecule is N#CSc1cccc(O)c1O. The van der Waals surface area contributed by atoms with Crippen LogP contribution in [-0.4, -0.2) is 10.2 Å². The lowest BCUT2D eigenvalue weighted by Gasteiger charge is -1.99. The normalized spacial score (nSPS) is 9.00. The van der Waals surface area contributed by atoms with E-state index in [0.717, 1.165) is 11.8 Å². The highest BCUT2D eigenvalue weighted by Gasteiger charge is 2.04. The van der Waals surface area contributed by atoms with Crippen LogP contribution in [-0.2, 0) is 0 Å². The van der Waals surface area contributed by atoms with E-state index in [-0.39, 0.29) is 11.5 Å². The maximum absolute atomic E-state index is 9.11. The van der Waals surface area contributed by atoms with Crippen LogP contribution in [0.15, 0.2) is 23.1 Å². The highest BCUT2D eigenvalue weighted by molar-refractivity contribution is 8.03. The van der Waals surface area contributed by atoms with Gasteiger partial charge in [0.15, 0.2) is 11.5 Å². The minimum atomic E-state index is -0.237. The van der Waals surface area contributed by atoms with Gasteiger partial charge in [-0.3, -0.25) is 0 Å². The number of aromatic hydroxyl groups is 2. The summed E-state index contributed by atoms with van der Waals surface area (Å²) in [5, 5.41) is 28.1. The van der Waals surface area contributed by atoms with Crippen molar-refractivity contribution in [1.82, 2.24) is 0 Å². The lowest BCUT2D eigenvalue weighted by molar-refractivity contribution is 0.395. The van der Waals surface area contributed by atoms with E-state index in [4.69, 9.17) is 15.5 Å². The number of benzene rings is 1. The molecule has 11 heavy (non-hydrogen) atoms. The van der Waals surface area contributed by atoms with E-state index in [9.17, 15) is 0 Å². The number of hydrogen-bond donors (Lipinski definition) is 2. The number of phenolic OH excluding ortho intramolecular Hbond substituents is 2. The van der Waals surface area contributed by atoms with Gasteiger partial charge in [0, 0.05) is 0 Å². The van der Waals surface area contributed by atoms with Crippen molar-refractivity contribution in [2.75, 3.05) is 0 Å². The number of thiocyanates is 1. The molecular formula is C7H5NO2S. The molecule has 0 saturated carbocycles. The van der Waals surface area contributed by atoms with Crippen LogP contribution in [0.3, 0.4) is 0 Å². The molecule has 56 valence electrons. The van der Waals surface area contributed by atoms with Gasteiger partial charge in [0.05, 0.1) is 4.90 Å². The maximum Gasteiger partial charge on any atom is 0.172 e. The Kier molecular flexibility index (Phi) is 2.24. The number of thioether (sulfide) groups is 1. The molecular weight excluding hydrogens is 162 g/mol. The molecule has 4 heteroatoms. The molecule has 0 heterocycles. The van der Waals surface area contributed by atoms with Gasteiger partial charge in [-0.15, -0.1) is 0 Å². The van der Waals surface area contributed by atoms with E-state index in [0.29, 0.717) is 4.90 Å². The summed E-state index contributed by atoms with van der Waals surface area (Å²) in [4.78, 5) is 0.368. The first kappa shape index (κ1) is 7.76. The van der Waals surface area contributed by atoms with Crippen molar-refractivity contribution in [3.05, 3.63) is 18.2 Å². The summed E-state index contributed by atoms with van der Waals surface area (Å²) >= 11 is 0.812. The molecule has 0 radical (unpaired) electrons. The van der Waals surface area contributed by atoms with Gasteiger partial charge < -0.3 is 10.2 Å². The van der Waals surface area contributed by atoms with Gasteiger partial charge in [-0.25, -0.2) is 0 Å². The average molecular weight is 167 g/mol. The van der Waals surface area contributed by atoms with Crippen LogP contribution >= 0.6 is 11.8 Å². The van der Waals surface area contributed by atoms with Gasteiger partial charge >= 0.3 is 0 Å². The van der Waals surface area contributed by atoms with Crippen LogP contribution in [0.1, 0.15) is 0 Å². The summed E-state index contributed by atoms with van der Waals surface area (Å²) in [7, 11) is 0. The summed E-state index contributed by atoms with van der Waals surface area (Å²) in [5.41, 5.74) is 0. The number of phenols is 2. The van der Waals surface area contributed by atoms with Crippen molar-refractivity contribution in [1.29, 1.82) is 5.26 Å². The zero-order valence-electron chi connectivity index (χ0n) is 5.48. The number of rotatable bonds is 1. The largest absolute Gasteiger partial charge is 0.504 e. The predicted molar refractivity (Wildman–Crippen MR) is 41.2 cm³/mol. The van der Waals surface area contributed by atoms with Crippen LogP contribution < -0.4 is 0 Å². The summed E-state index contributed by atoms with van der Waals surface area (Å²) in [5.74, 6) is -0.440. The molecule has 1 rings (SSSR count). The Morgan fingerprint density at radius 1 is 1.36 bits per heavy atom. The molecule has 0 unspecified atom stereocenters. The van der Waals surface area contributed by atoms with Crippen molar-refractivity contribution in [3.63, 3.8) is 0 Å². The second-order valence-corrected chi connectivity index (χ2v) is 2.64. The van der Waals surface area contributed by atoms with Crippen molar-refractivity contribution in [2.45, 2.75) is 4.90 Å². The Labute approximate surface area is 67.9 Å². The standard InChI is InChI=1S/C7H5NO2S/c8-4-11-6-3-1-2-5(9)7(6)10/h1-3,9-10H. The summed E-state index contributed by atoms with van der Waals surface area (Å²) in [6, 6.07) is 4.48. The Morgan fingerprint density at radius 3 is 2.73 bits per heavy atom. The van der Waals surface area contributed by atoms with Crippen molar-refractivity contribution >= 4 is 11.8 Å². The minimum absolute atomic E-state index is 0.203. The average Bonchev–Trinajstić information content (AvgIpc) is 1.99. The van der Waals surface area contributed by atoms with Crippen LogP contribution in [0, 0.1) is 10.7 Å². The molecule has 0 fully saturated rings. The van der Waals surface area contributed by atoms with Gasteiger partial charge in [0.2, 0.25) is 0 Å². The maximum atomic E-state index is 9.11. The fourth-order valence-electron chi connectivity index (χ4n) is 0.642. The highest BCUT2D eigenvalue weighted by atomic mass is 32.2. The fourth-order valence-corrected chi connectivity index (χ4v) is 1.09. The first-order valence-corrected chi connectivity index (χ1v) is 3.64. The second-order valence-electron chi connectivity index (χ2n) is 1.82. The van der Waals surface area contributed by atoms with Crippen LogP contribution in [0.5, 0.6) is 11.5 Å². The zero-order valence-corrected chi connectivity index (χ0v) is 6.30. The minimum Gasteiger partial charge on any atom is -0.504 e. The summed E-state index contributed by atoms with van der Waals surface area (Å²) in [6.45, 7) is 0.